The van der Waals surface area contributed by atoms with Gasteiger partial charge in [0.1, 0.15) is 11.5 Å². The molecule has 0 aliphatic carbocycles. The van der Waals surface area contributed by atoms with Gasteiger partial charge in [0.25, 0.3) is 5.69 Å². The molecule has 24 heavy (non-hydrogen) atoms. The summed E-state index contributed by atoms with van der Waals surface area (Å²) in [4.78, 5) is 25.5. The summed E-state index contributed by atoms with van der Waals surface area (Å²) in [6.45, 7) is 1.97. The van der Waals surface area contributed by atoms with Crippen molar-refractivity contribution in [2.45, 2.75) is 6.92 Å². The molecule has 0 aliphatic heterocycles. The maximum absolute atomic E-state index is 12.2. The van der Waals surface area contributed by atoms with Crippen molar-refractivity contribution >= 4 is 11.7 Å². The Hall–Kier alpha value is -3.35. The number of H-pyrrole nitrogens is 1. The molecule has 0 spiro atoms. The van der Waals surface area contributed by atoms with Crippen molar-refractivity contribution in [1.29, 1.82) is 0 Å². The number of esters is 1. The van der Waals surface area contributed by atoms with Crippen molar-refractivity contribution in [2.75, 3.05) is 6.61 Å². The van der Waals surface area contributed by atoms with E-state index in [4.69, 9.17) is 9.15 Å². The number of aromatic nitrogens is 1. The van der Waals surface area contributed by atoms with Gasteiger partial charge in [0.05, 0.1) is 23.5 Å². The molecule has 0 saturated heterocycles. The zero-order chi connectivity index (χ0) is 17.1. The Morgan fingerprint density at radius 1 is 1.29 bits per heavy atom. The third-order valence-electron chi connectivity index (χ3n) is 3.47. The highest BCUT2D eigenvalue weighted by molar-refractivity contribution is 5.97. The molecule has 3 rings (SSSR count). The molecule has 2 heterocycles. The van der Waals surface area contributed by atoms with E-state index in [9.17, 15) is 14.9 Å². The van der Waals surface area contributed by atoms with E-state index in [1.54, 1.807) is 37.3 Å². The van der Waals surface area contributed by atoms with Crippen LogP contribution in [0.5, 0.6) is 0 Å². The molecular weight excluding hydrogens is 312 g/mol. The number of nitro benzene ring substituents is 1. The molecule has 0 unspecified atom stereocenters. The lowest BCUT2D eigenvalue weighted by atomic mass is 10.1. The van der Waals surface area contributed by atoms with Gasteiger partial charge in [-0.1, -0.05) is 0 Å². The number of benzene rings is 1. The summed E-state index contributed by atoms with van der Waals surface area (Å²) in [5, 5.41) is 10.8. The lowest BCUT2D eigenvalue weighted by molar-refractivity contribution is -0.384. The monoisotopic (exact) mass is 326 g/mol. The van der Waals surface area contributed by atoms with Gasteiger partial charge >= 0.3 is 5.97 Å². The number of hydrogen-bond acceptors (Lipinski definition) is 5. The van der Waals surface area contributed by atoms with Crippen molar-refractivity contribution in [2.24, 2.45) is 0 Å². The maximum atomic E-state index is 12.2. The number of hydrogen-bond donors (Lipinski definition) is 1. The molecule has 0 radical (unpaired) electrons. The molecule has 0 saturated carbocycles. The first-order chi connectivity index (χ1) is 11.6. The highest BCUT2D eigenvalue weighted by Crippen LogP contribution is 2.31. The van der Waals surface area contributed by atoms with Crippen LogP contribution in [0.3, 0.4) is 0 Å². The topological polar surface area (TPSA) is 98.4 Å². The molecule has 2 aromatic heterocycles. The van der Waals surface area contributed by atoms with Crippen LogP contribution in [-0.2, 0) is 4.74 Å². The molecule has 0 aliphatic rings. The van der Waals surface area contributed by atoms with Gasteiger partial charge in [0.2, 0.25) is 0 Å². The number of carbonyl (C=O) groups excluding carboxylic acids is 1. The van der Waals surface area contributed by atoms with Gasteiger partial charge < -0.3 is 14.1 Å². The largest absolute Gasteiger partial charge is 0.463 e. The van der Waals surface area contributed by atoms with Gasteiger partial charge in [-0.2, -0.15) is 0 Å². The molecule has 0 bridgehead atoms. The number of ether oxygens (including phenoxy) is 1. The van der Waals surface area contributed by atoms with Crippen molar-refractivity contribution in [3.8, 4) is 22.6 Å². The van der Waals surface area contributed by atoms with E-state index in [2.05, 4.69) is 4.98 Å². The van der Waals surface area contributed by atoms with Crippen LogP contribution in [0, 0.1) is 10.1 Å². The van der Waals surface area contributed by atoms with Crippen LogP contribution in [0.2, 0.25) is 0 Å². The Morgan fingerprint density at radius 3 is 2.62 bits per heavy atom. The molecule has 0 atom stereocenters. The zero-order valence-electron chi connectivity index (χ0n) is 12.8. The van der Waals surface area contributed by atoms with E-state index in [0.717, 1.165) is 0 Å². The lowest BCUT2D eigenvalue weighted by Crippen LogP contribution is -2.06. The fraction of sp³-hybridized carbons (Fsp3) is 0.118. The minimum absolute atomic E-state index is 0.0155. The van der Waals surface area contributed by atoms with Crippen molar-refractivity contribution in [3.05, 3.63) is 64.5 Å². The summed E-state index contributed by atoms with van der Waals surface area (Å²) in [6, 6.07) is 11.2. The number of aromatic amines is 1. The smallest absolute Gasteiger partial charge is 0.355 e. The van der Waals surface area contributed by atoms with Crippen LogP contribution >= 0.6 is 0 Å². The van der Waals surface area contributed by atoms with Crippen LogP contribution < -0.4 is 0 Å². The number of non-ortho nitro benzene ring substituents is 1. The molecule has 0 fully saturated rings. The Morgan fingerprint density at radius 2 is 2.04 bits per heavy atom. The fourth-order valence-electron chi connectivity index (χ4n) is 2.37. The summed E-state index contributed by atoms with van der Waals surface area (Å²) < 4.78 is 10.4. The normalized spacial score (nSPS) is 10.5. The summed E-state index contributed by atoms with van der Waals surface area (Å²) in [7, 11) is 0. The Kier molecular flexibility index (Phi) is 4.15. The van der Waals surface area contributed by atoms with E-state index in [1.165, 1.54) is 18.4 Å². The predicted molar refractivity (Wildman–Crippen MR) is 86.5 cm³/mol. The van der Waals surface area contributed by atoms with Crippen molar-refractivity contribution < 1.29 is 18.9 Å². The SMILES string of the molecule is CCOC(=O)c1[nH]c(-c2ccco2)cc1-c1ccc([N+](=O)[O-])cc1. The average Bonchev–Trinajstić information content (AvgIpc) is 3.24. The van der Waals surface area contributed by atoms with E-state index < -0.39 is 10.9 Å². The van der Waals surface area contributed by atoms with Crippen molar-refractivity contribution in [3.63, 3.8) is 0 Å². The quantitative estimate of drug-likeness (QED) is 0.433. The van der Waals surface area contributed by atoms with Gasteiger partial charge in [-0.15, -0.1) is 0 Å². The third kappa shape index (κ3) is 2.91. The highest BCUT2D eigenvalue weighted by Gasteiger charge is 2.20. The Balaban J connectivity index is 2.07. The predicted octanol–water partition coefficient (Wildman–Crippen LogP) is 4.03. The summed E-state index contributed by atoms with van der Waals surface area (Å²) >= 11 is 0. The van der Waals surface area contributed by atoms with E-state index in [0.29, 0.717) is 22.6 Å². The van der Waals surface area contributed by atoms with Gasteiger partial charge in [-0.05, 0) is 42.8 Å². The van der Waals surface area contributed by atoms with Gasteiger partial charge in [-0.3, -0.25) is 10.1 Å². The number of nitro groups is 1. The van der Waals surface area contributed by atoms with Gasteiger partial charge in [0, 0.05) is 17.7 Å². The maximum Gasteiger partial charge on any atom is 0.355 e. The van der Waals surface area contributed by atoms with E-state index in [1.807, 2.05) is 0 Å². The molecule has 1 aromatic carbocycles. The first kappa shape index (κ1) is 15.5. The van der Waals surface area contributed by atoms with Crippen molar-refractivity contribution in [1.82, 2.24) is 4.98 Å². The van der Waals surface area contributed by atoms with Crippen LogP contribution in [0.15, 0.2) is 53.1 Å². The standard InChI is InChI=1S/C17H14N2O5/c1-2-23-17(20)16-13(10-14(18-16)15-4-3-9-24-15)11-5-7-12(8-6-11)19(21)22/h3-10,18H,2H2,1H3. The second-order valence-corrected chi connectivity index (χ2v) is 4.97. The van der Waals surface area contributed by atoms with Crippen LogP contribution in [0.25, 0.3) is 22.6 Å². The van der Waals surface area contributed by atoms with Crippen LogP contribution in [-0.4, -0.2) is 22.5 Å². The molecule has 122 valence electrons. The fourth-order valence-corrected chi connectivity index (χ4v) is 2.37. The molecule has 1 N–H and O–H groups in total. The minimum Gasteiger partial charge on any atom is -0.463 e. The molecular formula is C17H14N2O5. The number of carbonyl (C=O) groups is 1. The first-order valence-electron chi connectivity index (χ1n) is 7.29. The summed E-state index contributed by atoms with van der Waals surface area (Å²) in [5.41, 5.74) is 2.14. The first-order valence-corrected chi connectivity index (χ1v) is 7.29. The lowest BCUT2D eigenvalue weighted by Gasteiger charge is -2.04. The number of nitrogens with one attached hydrogen (secondary N) is 1. The number of furan rings is 1. The van der Waals surface area contributed by atoms with Gasteiger partial charge in [0.15, 0.2) is 0 Å². The molecule has 3 aromatic rings. The highest BCUT2D eigenvalue weighted by atomic mass is 16.6. The third-order valence-corrected chi connectivity index (χ3v) is 3.47. The Labute approximate surface area is 137 Å². The Bertz CT molecular complexity index is 863. The van der Waals surface area contributed by atoms with E-state index >= 15 is 0 Å². The zero-order valence-corrected chi connectivity index (χ0v) is 12.8. The van der Waals surface area contributed by atoms with Crippen LogP contribution in [0.4, 0.5) is 5.69 Å². The second kappa shape index (κ2) is 6.41. The average molecular weight is 326 g/mol. The van der Waals surface area contributed by atoms with E-state index in [-0.39, 0.29) is 18.0 Å². The second-order valence-electron chi connectivity index (χ2n) is 4.97. The summed E-state index contributed by atoms with van der Waals surface area (Å²) in [5.74, 6) is 0.0809. The molecule has 0 amide bonds. The van der Waals surface area contributed by atoms with Gasteiger partial charge in [-0.25, -0.2) is 4.79 Å². The van der Waals surface area contributed by atoms with Crippen LogP contribution in [0.1, 0.15) is 17.4 Å². The summed E-state index contributed by atoms with van der Waals surface area (Å²) in [6.07, 6.45) is 1.53. The molecule has 7 heteroatoms. The minimum atomic E-state index is -0.497. The number of rotatable bonds is 5. The molecule has 7 nitrogen and oxygen atoms in total. The number of nitrogens with zero attached hydrogens (tertiary/aromatic N) is 1.